The second-order valence-electron chi connectivity index (χ2n) is 5.97. The van der Waals surface area contributed by atoms with E-state index in [-0.39, 0.29) is 10.9 Å². The van der Waals surface area contributed by atoms with Crippen LogP contribution in [0.5, 0.6) is 17.2 Å². The summed E-state index contributed by atoms with van der Waals surface area (Å²) < 4.78 is 11.7. The van der Waals surface area contributed by atoms with E-state index in [0.29, 0.717) is 0 Å². The summed E-state index contributed by atoms with van der Waals surface area (Å²) in [4.78, 5) is 3.71. The van der Waals surface area contributed by atoms with Crippen molar-refractivity contribution in [1.29, 1.82) is 0 Å². The molecule has 0 radical (unpaired) electrons. The fourth-order valence-electron chi connectivity index (χ4n) is 3.19. The van der Waals surface area contributed by atoms with Crippen LogP contribution in [0, 0.1) is 13.8 Å². The van der Waals surface area contributed by atoms with Crippen molar-refractivity contribution in [1.82, 2.24) is 0 Å². The first-order valence-electron chi connectivity index (χ1n) is 8.18. The lowest BCUT2D eigenvalue weighted by Gasteiger charge is -2.20. The third-order valence-electron chi connectivity index (χ3n) is 4.23. The van der Waals surface area contributed by atoms with E-state index in [9.17, 15) is 0 Å². The molecule has 124 valence electrons. The summed E-state index contributed by atoms with van der Waals surface area (Å²) in [6.07, 6.45) is 1.48. The zero-order valence-electron chi connectivity index (χ0n) is 14.3. The molecule has 1 heterocycles. The SMILES string of the molecule is C=COc1c(C)cc([S+]2c3ccccc3Oc3ccccc32)cc1C. The molecule has 0 N–H and O–H groups in total. The summed E-state index contributed by atoms with van der Waals surface area (Å²) in [6.45, 7) is 7.83. The average molecular weight is 347 g/mol. The second kappa shape index (κ2) is 6.34. The van der Waals surface area contributed by atoms with Crippen molar-refractivity contribution in [3.8, 4) is 17.2 Å². The molecular weight excluding hydrogens is 328 g/mol. The van der Waals surface area contributed by atoms with Gasteiger partial charge in [-0.3, -0.25) is 0 Å². The molecule has 0 spiro atoms. The zero-order chi connectivity index (χ0) is 17.4. The second-order valence-corrected chi connectivity index (χ2v) is 7.94. The van der Waals surface area contributed by atoms with Gasteiger partial charge in [-0.2, -0.15) is 0 Å². The Hall–Kier alpha value is -2.65. The van der Waals surface area contributed by atoms with E-state index < -0.39 is 0 Å². The minimum absolute atomic E-state index is 0.197. The van der Waals surface area contributed by atoms with Crippen LogP contribution in [-0.2, 0) is 10.9 Å². The van der Waals surface area contributed by atoms with E-state index in [4.69, 9.17) is 9.47 Å². The van der Waals surface area contributed by atoms with Gasteiger partial charge in [-0.25, -0.2) is 0 Å². The summed E-state index contributed by atoms with van der Waals surface area (Å²) in [5.74, 6) is 2.76. The highest BCUT2D eigenvalue weighted by Gasteiger charge is 2.39. The largest absolute Gasteiger partial charge is 0.465 e. The number of aryl methyl sites for hydroxylation is 2. The normalized spacial score (nSPS) is 12.7. The summed E-state index contributed by atoms with van der Waals surface area (Å²) >= 11 is 0. The molecule has 0 saturated heterocycles. The number of para-hydroxylation sites is 2. The molecule has 0 unspecified atom stereocenters. The van der Waals surface area contributed by atoms with E-state index in [1.807, 2.05) is 24.3 Å². The summed E-state index contributed by atoms with van der Waals surface area (Å²) in [5.41, 5.74) is 2.23. The van der Waals surface area contributed by atoms with Gasteiger partial charge in [0.2, 0.25) is 9.79 Å². The van der Waals surface area contributed by atoms with Crippen LogP contribution < -0.4 is 9.47 Å². The first kappa shape index (κ1) is 15.9. The van der Waals surface area contributed by atoms with Gasteiger partial charge in [0, 0.05) is 12.1 Å². The van der Waals surface area contributed by atoms with Gasteiger partial charge in [0.05, 0.1) is 6.26 Å². The lowest BCUT2D eigenvalue weighted by molar-refractivity contribution is 0.453. The topological polar surface area (TPSA) is 18.5 Å². The van der Waals surface area contributed by atoms with E-state index in [2.05, 4.69) is 56.8 Å². The maximum atomic E-state index is 6.12. The Balaban J connectivity index is 1.92. The monoisotopic (exact) mass is 347 g/mol. The predicted octanol–water partition coefficient (Wildman–Crippen LogP) is 6.03. The van der Waals surface area contributed by atoms with Crippen LogP contribution in [0.3, 0.4) is 0 Å². The number of ether oxygens (including phenoxy) is 2. The van der Waals surface area contributed by atoms with Crippen LogP contribution in [0.25, 0.3) is 0 Å². The molecule has 2 nitrogen and oxygen atoms in total. The van der Waals surface area contributed by atoms with Gasteiger partial charge in [0.1, 0.15) is 16.6 Å². The van der Waals surface area contributed by atoms with Crippen LogP contribution in [-0.4, -0.2) is 0 Å². The Morgan fingerprint density at radius 2 is 1.40 bits per heavy atom. The van der Waals surface area contributed by atoms with Crippen molar-refractivity contribution in [2.45, 2.75) is 28.5 Å². The lowest BCUT2D eigenvalue weighted by Crippen LogP contribution is -2.12. The lowest BCUT2D eigenvalue weighted by atomic mass is 10.1. The number of rotatable bonds is 3. The maximum Gasteiger partial charge on any atom is 0.209 e. The van der Waals surface area contributed by atoms with Gasteiger partial charge in [0.15, 0.2) is 16.4 Å². The predicted molar refractivity (Wildman–Crippen MR) is 102 cm³/mol. The van der Waals surface area contributed by atoms with Gasteiger partial charge >= 0.3 is 0 Å². The minimum atomic E-state index is -0.197. The van der Waals surface area contributed by atoms with Crippen LogP contribution in [0.15, 0.2) is 88.2 Å². The Morgan fingerprint density at radius 1 is 0.880 bits per heavy atom. The van der Waals surface area contributed by atoms with E-state index in [1.54, 1.807) is 0 Å². The molecule has 0 bridgehead atoms. The first-order chi connectivity index (χ1) is 12.2. The molecule has 4 rings (SSSR count). The number of fused-ring (bicyclic) bond motifs is 2. The third kappa shape index (κ3) is 2.71. The maximum absolute atomic E-state index is 6.12. The van der Waals surface area contributed by atoms with Gasteiger partial charge in [-0.15, -0.1) is 0 Å². The minimum Gasteiger partial charge on any atom is -0.465 e. The van der Waals surface area contributed by atoms with E-state index in [1.165, 1.54) is 20.9 Å². The Kier molecular flexibility index (Phi) is 4.02. The molecule has 0 atom stereocenters. The zero-order valence-corrected chi connectivity index (χ0v) is 15.1. The van der Waals surface area contributed by atoms with Crippen molar-refractivity contribution in [2.75, 3.05) is 0 Å². The van der Waals surface area contributed by atoms with Crippen molar-refractivity contribution in [2.24, 2.45) is 0 Å². The molecule has 0 aliphatic carbocycles. The van der Waals surface area contributed by atoms with Crippen LogP contribution in [0.4, 0.5) is 0 Å². The highest BCUT2D eigenvalue weighted by Crippen LogP contribution is 2.47. The Labute approximate surface area is 151 Å². The number of hydrogen-bond acceptors (Lipinski definition) is 2. The molecule has 0 fully saturated rings. The highest BCUT2D eigenvalue weighted by atomic mass is 32.2. The molecule has 1 aliphatic heterocycles. The smallest absolute Gasteiger partial charge is 0.209 e. The standard InChI is InChI=1S/C22H19O2S/c1-4-23-22-15(2)13-17(14-16(22)3)25-20-11-7-5-9-18(20)24-19-10-6-8-12-21(19)25/h4-14H,1H2,2-3H3/q+1. The van der Waals surface area contributed by atoms with Crippen molar-refractivity contribution < 1.29 is 9.47 Å². The molecular formula is C22H19O2S+. The molecule has 0 saturated carbocycles. The van der Waals surface area contributed by atoms with Crippen LogP contribution >= 0.6 is 0 Å². The fraction of sp³-hybridized carbons (Fsp3) is 0.0909. The summed E-state index contributed by atoms with van der Waals surface area (Å²) in [6, 6.07) is 21.0. The Bertz CT molecular complexity index is 893. The average Bonchev–Trinajstić information content (AvgIpc) is 2.62. The van der Waals surface area contributed by atoms with Crippen molar-refractivity contribution >= 4 is 10.9 Å². The quantitative estimate of drug-likeness (QED) is 0.333. The molecule has 0 amide bonds. The van der Waals surface area contributed by atoms with Crippen molar-refractivity contribution in [3.05, 3.63) is 84.6 Å². The van der Waals surface area contributed by atoms with Crippen molar-refractivity contribution in [3.63, 3.8) is 0 Å². The summed E-state index contributed by atoms with van der Waals surface area (Å²) in [5, 5.41) is 0. The van der Waals surface area contributed by atoms with E-state index >= 15 is 0 Å². The fourth-order valence-corrected chi connectivity index (χ4v) is 5.58. The molecule has 1 aliphatic rings. The van der Waals surface area contributed by atoms with Gasteiger partial charge in [-0.05, 0) is 49.2 Å². The van der Waals surface area contributed by atoms with Gasteiger partial charge < -0.3 is 9.47 Å². The number of hydrogen-bond donors (Lipinski definition) is 0. The van der Waals surface area contributed by atoms with Gasteiger partial charge in [0.25, 0.3) is 0 Å². The molecule has 3 aromatic carbocycles. The highest BCUT2D eigenvalue weighted by molar-refractivity contribution is 7.97. The molecule has 25 heavy (non-hydrogen) atoms. The molecule has 3 heteroatoms. The van der Waals surface area contributed by atoms with Crippen LogP contribution in [0.2, 0.25) is 0 Å². The summed E-state index contributed by atoms with van der Waals surface area (Å²) in [7, 11) is -0.197. The number of benzene rings is 3. The third-order valence-corrected chi connectivity index (χ3v) is 6.49. The first-order valence-corrected chi connectivity index (χ1v) is 9.40. The molecule has 3 aromatic rings. The van der Waals surface area contributed by atoms with E-state index in [0.717, 1.165) is 28.4 Å². The molecule has 0 aromatic heterocycles. The Morgan fingerprint density at radius 3 is 1.92 bits per heavy atom. The van der Waals surface area contributed by atoms with Gasteiger partial charge in [-0.1, -0.05) is 30.8 Å². The van der Waals surface area contributed by atoms with Crippen LogP contribution in [0.1, 0.15) is 11.1 Å².